The molecule has 0 saturated carbocycles. The van der Waals surface area contributed by atoms with Crippen LogP contribution in [0.2, 0.25) is 5.02 Å². The summed E-state index contributed by atoms with van der Waals surface area (Å²) in [7, 11) is 0. The van der Waals surface area contributed by atoms with Crippen LogP contribution in [0.3, 0.4) is 0 Å². The van der Waals surface area contributed by atoms with Crippen LogP contribution in [-0.4, -0.2) is 36.4 Å². The molecule has 2 amide bonds. The first-order valence-electron chi connectivity index (χ1n) is 9.75. The number of hydrogen-bond acceptors (Lipinski definition) is 6. The number of nitrogens with two attached hydrogens (primary N) is 1. The number of alkyl halides is 2. The quantitative estimate of drug-likeness (QED) is 0.403. The molecule has 0 aliphatic rings. The zero-order valence-electron chi connectivity index (χ0n) is 17.5. The van der Waals surface area contributed by atoms with Gasteiger partial charge >= 0.3 is 0 Å². The number of amides is 2. The van der Waals surface area contributed by atoms with Crippen LogP contribution in [-0.2, 0) is 17.9 Å². The van der Waals surface area contributed by atoms with Gasteiger partial charge in [0, 0.05) is 29.9 Å². The normalized spacial score (nSPS) is 11.5. The van der Waals surface area contributed by atoms with Gasteiger partial charge in [-0.25, -0.2) is 13.8 Å². The number of carbonyl (C=O) groups excluding carboxylic acids is 2. The van der Waals surface area contributed by atoms with E-state index in [0.29, 0.717) is 33.8 Å². The van der Waals surface area contributed by atoms with Crippen molar-refractivity contribution in [2.45, 2.75) is 33.4 Å². The van der Waals surface area contributed by atoms with Gasteiger partial charge in [-0.3, -0.25) is 19.0 Å². The van der Waals surface area contributed by atoms with Crippen molar-refractivity contribution in [3.63, 3.8) is 0 Å². The van der Waals surface area contributed by atoms with Gasteiger partial charge in [0.2, 0.25) is 5.91 Å². The number of aryl methyl sites for hydroxylation is 2. The Morgan fingerprint density at radius 2 is 2.03 bits per heavy atom. The average molecular weight is 494 g/mol. The van der Waals surface area contributed by atoms with E-state index in [0.717, 1.165) is 11.3 Å². The fourth-order valence-corrected chi connectivity index (χ4v) is 4.60. The molecule has 0 unspecified atom stereocenters. The van der Waals surface area contributed by atoms with Crippen molar-refractivity contribution in [1.82, 2.24) is 24.5 Å². The number of fused-ring (bicyclic) bond motifs is 1. The molecule has 0 spiro atoms. The summed E-state index contributed by atoms with van der Waals surface area (Å²) in [5.41, 5.74) is 6.74. The van der Waals surface area contributed by atoms with Crippen molar-refractivity contribution in [3.05, 3.63) is 45.9 Å². The second kappa shape index (κ2) is 8.87. The summed E-state index contributed by atoms with van der Waals surface area (Å²) in [6.45, 7) is 4.03. The lowest BCUT2D eigenvalue weighted by molar-refractivity contribution is -0.116. The number of pyridine rings is 1. The van der Waals surface area contributed by atoms with E-state index in [1.807, 2.05) is 6.92 Å². The van der Waals surface area contributed by atoms with Crippen molar-refractivity contribution in [2.75, 3.05) is 5.32 Å². The summed E-state index contributed by atoms with van der Waals surface area (Å²) in [6, 6.07) is 1.25. The third kappa shape index (κ3) is 4.44. The van der Waals surface area contributed by atoms with Gasteiger partial charge in [0.05, 0.1) is 22.6 Å². The average Bonchev–Trinajstić information content (AvgIpc) is 3.44. The summed E-state index contributed by atoms with van der Waals surface area (Å²) in [5, 5.41) is 11.7. The first-order valence-corrected chi connectivity index (χ1v) is 10.9. The number of thiophene rings is 1. The molecule has 33 heavy (non-hydrogen) atoms. The van der Waals surface area contributed by atoms with E-state index in [1.54, 1.807) is 17.8 Å². The molecule has 4 rings (SSSR count). The molecule has 3 N–H and O–H groups in total. The van der Waals surface area contributed by atoms with E-state index in [9.17, 15) is 18.4 Å². The van der Waals surface area contributed by atoms with E-state index in [-0.39, 0.29) is 21.9 Å². The molecule has 0 bridgehead atoms. The van der Waals surface area contributed by atoms with Crippen LogP contribution in [0.25, 0.3) is 21.3 Å². The number of carbonyl (C=O) groups is 2. The highest BCUT2D eigenvalue weighted by Crippen LogP contribution is 2.43. The molecule has 0 radical (unpaired) electrons. The van der Waals surface area contributed by atoms with E-state index in [1.165, 1.54) is 23.1 Å². The lowest BCUT2D eigenvalue weighted by Gasteiger charge is -2.10. The summed E-state index contributed by atoms with van der Waals surface area (Å²) >= 11 is 6.68. The molecular formula is C20H18ClF2N7O2S. The Bertz CT molecular complexity index is 1380. The highest BCUT2D eigenvalue weighted by molar-refractivity contribution is 7.21. The molecule has 0 aliphatic heterocycles. The Hall–Kier alpha value is -3.38. The van der Waals surface area contributed by atoms with E-state index in [2.05, 4.69) is 20.5 Å². The SMILES string of the molecule is CCn1cc(-c2cc(C(F)F)nc3sc(C(N)=O)c(NC(=O)Cn4cc(Cl)cn4)c23)c(C)n1. The van der Waals surface area contributed by atoms with Crippen molar-refractivity contribution >= 4 is 50.7 Å². The minimum absolute atomic E-state index is 0.00227. The minimum atomic E-state index is -2.84. The number of primary amides is 1. The maximum atomic E-state index is 13.6. The Morgan fingerprint density at radius 1 is 1.27 bits per heavy atom. The zero-order valence-corrected chi connectivity index (χ0v) is 19.0. The van der Waals surface area contributed by atoms with E-state index in [4.69, 9.17) is 17.3 Å². The van der Waals surface area contributed by atoms with Crippen LogP contribution in [0.15, 0.2) is 24.7 Å². The lowest BCUT2D eigenvalue weighted by Crippen LogP contribution is -2.21. The van der Waals surface area contributed by atoms with Gasteiger partial charge in [-0.2, -0.15) is 10.2 Å². The largest absolute Gasteiger partial charge is 0.365 e. The molecular weight excluding hydrogens is 476 g/mol. The number of anilines is 1. The lowest BCUT2D eigenvalue weighted by atomic mass is 10.0. The highest BCUT2D eigenvalue weighted by Gasteiger charge is 2.26. The number of halogens is 3. The number of nitrogens with zero attached hydrogens (tertiary/aromatic N) is 5. The van der Waals surface area contributed by atoms with Crippen LogP contribution in [0.4, 0.5) is 14.5 Å². The smallest absolute Gasteiger partial charge is 0.280 e. The van der Waals surface area contributed by atoms with Crippen LogP contribution < -0.4 is 11.1 Å². The van der Waals surface area contributed by atoms with Crippen LogP contribution in [0, 0.1) is 6.92 Å². The molecule has 0 aromatic carbocycles. The van der Waals surface area contributed by atoms with Gasteiger partial charge in [0.25, 0.3) is 12.3 Å². The molecule has 4 aromatic rings. The van der Waals surface area contributed by atoms with Gasteiger partial charge in [-0.15, -0.1) is 11.3 Å². The predicted molar refractivity (Wildman–Crippen MR) is 121 cm³/mol. The van der Waals surface area contributed by atoms with E-state index < -0.39 is 23.9 Å². The third-order valence-electron chi connectivity index (χ3n) is 4.86. The van der Waals surface area contributed by atoms with Crippen molar-refractivity contribution in [1.29, 1.82) is 0 Å². The Kier molecular flexibility index (Phi) is 6.13. The first-order chi connectivity index (χ1) is 15.7. The maximum Gasteiger partial charge on any atom is 0.280 e. The number of nitrogens with one attached hydrogen (secondary N) is 1. The van der Waals surface area contributed by atoms with Gasteiger partial charge < -0.3 is 11.1 Å². The zero-order chi connectivity index (χ0) is 23.9. The fourth-order valence-electron chi connectivity index (χ4n) is 3.43. The van der Waals surface area contributed by atoms with Crippen molar-refractivity contribution in [2.24, 2.45) is 5.73 Å². The topological polar surface area (TPSA) is 121 Å². The Labute approximate surface area is 195 Å². The van der Waals surface area contributed by atoms with Gasteiger partial charge in [0.15, 0.2) is 0 Å². The monoisotopic (exact) mass is 493 g/mol. The minimum Gasteiger partial charge on any atom is -0.365 e. The highest BCUT2D eigenvalue weighted by atomic mass is 35.5. The second-order valence-electron chi connectivity index (χ2n) is 7.13. The van der Waals surface area contributed by atoms with Crippen molar-refractivity contribution in [3.8, 4) is 11.1 Å². The molecule has 13 heteroatoms. The second-order valence-corrected chi connectivity index (χ2v) is 8.57. The predicted octanol–water partition coefficient (Wildman–Crippen LogP) is 4.01. The van der Waals surface area contributed by atoms with Gasteiger partial charge in [-0.1, -0.05) is 11.6 Å². The van der Waals surface area contributed by atoms with Crippen molar-refractivity contribution < 1.29 is 18.4 Å². The summed E-state index contributed by atoms with van der Waals surface area (Å²) in [6.07, 6.45) is 1.73. The maximum absolute atomic E-state index is 13.6. The number of rotatable bonds is 7. The third-order valence-corrected chi connectivity index (χ3v) is 6.15. The van der Waals surface area contributed by atoms with E-state index >= 15 is 0 Å². The molecule has 4 aromatic heterocycles. The van der Waals surface area contributed by atoms with Crippen LogP contribution in [0.1, 0.15) is 34.4 Å². The molecule has 4 heterocycles. The Morgan fingerprint density at radius 3 is 2.61 bits per heavy atom. The molecule has 0 saturated heterocycles. The standard InChI is InChI=1S/C20H18ClF2N7O2S/c1-3-29-7-12(9(2)28-29)11-4-13(18(22)23)26-20-15(11)16(17(33-20)19(24)32)27-14(31)8-30-6-10(21)5-25-30/h4-7,18H,3,8H2,1-2H3,(H2,24,32)(H,27,31). The van der Waals surface area contributed by atoms with Crippen LogP contribution in [0.5, 0.6) is 0 Å². The Balaban J connectivity index is 1.90. The van der Waals surface area contributed by atoms with Gasteiger partial charge in [-0.05, 0) is 25.5 Å². The fraction of sp³-hybridized carbons (Fsp3) is 0.250. The van der Waals surface area contributed by atoms with Gasteiger partial charge in [0.1, 0.15) is 21.9 Å². The first kappa shape index (κ1) is 22.8. The summed E-state index contributed by atoms with van der Waals surface area (Å²) < 4.78 is 30.2. The molecule has 0 aliphatic carbocycles. The summed E-state index contributed by atoms with van der Waals surface area (Å²) in [4.78, 5) is 29.1. The van der Waals surface area contributed by atoms with Crippen LogP contribution >= 0.6 is 22.9 Å². The molecule has 9 nitrogen and oxygen atoms in total. The molecule has 0 fully saturated rings. The summed E-state index contributed by atoms with van der Waals surface area (Å²) in [5.74, 6) is -1.33. The molecule has 0 atom stereocenters. The molecule has 172 valence electrons. The number of hydrogen-bond donors (Lipinski definition) is 2. The number of aromatic nitrogens is 5.